The van der Waals surface area contributed by atoms with Gasteiger partial charge in [-0.25, -0.2) is 4.98 Å². The number of nitrogens with one attached hydrogen (secondary N) is 1. The highest BCUT2D eigenvalue weighted by atomic mass is 16.5. The molecular formula is C24H21N3O5. The highest BCUT2D eigenvalue weighted by molar-refractivity contribution is 5.91. The van der Waals surface area contributed by atoms with Crippen LogP contribution in [0.25, 0.3) is 10.9 Å². The minimum atomic E-state index is -0.356. The maximum absolute atomic E-state index is 12.8. The van der Waals surface area contributed by atoms with Gasteiger partial charge < -0.3 is 19.5 Å². The number of fused-ring (bicyclic) bond motifs is 1. The molecule has 4 aromatic rings. The Labute approximate surface area is 184 Å². The molecule has 8 nitrogen and oxygen atoms in total. The third kappa shape index (κ3) is 4.54. The van der Waals surface area contributed by atoms with Crippen LogP contribution < -0.4 is 25.1 Å². The summed E-state index contributed by atoms with van der Waals surface area (Å²) in [6.07, 6.45) is 1.34. The fourth-order valence-corrected chi connectivity index (χ4v) is 3.18. The lowest BCUT2D eigenvalue weighted by atomic mass is 10.2. The number of nitrogens with zero attached hydrogens (tertiary/aromatic N) is 2. The van der Waals surface area contributed by atoms with E-state index in [1.165, 1.54) is 25.1 Å². The highest BCUT2D eigenvalue weighted by Gasteiger charge is 2.13. The summed E-state index contributed by atoms with van der Waals surface area (Å²) >= 11 is 0. The SMILES string of the molecule is COc1cc2ncn(CC(=O)Nc3ccc(Oc4ccccc4)cc3)c(=O)c2cc1OC. The topological polar surface area (TPSA) is 91.7 Å². The Balaban J connectivity index is 1.46. The van der Waals surface area contributed by atoms with Gasteiger partial charge in [0, 0.05) is 11.8 Å². The molecule has 0 saturated carbocycles. The monoisotopic (exact) mass is 431 g/mol. The second kappa shape index (κ2) is 9.22. The summed E-state index contributed by atoms with van der Waals surface area (Å²) in [7, 11) is 3.00. The summed E-state index contributed by atoms with van der Waals surface area (Å²) in [4.78, 5) is 29.6. The molecule has 0 unspecified atom stereocenters. The summed E-state index contributed by atoms with van der Waals surface area (Å²) in [5, 5.41) is 3.10. The number of ether oxygens (including phenoxy) is 3. The van der Waals surface area contributed by atoms with Crippen LogP contribution in [0.15, 0.2) is 77.9 Å². The number of anilines is 1. The van der Waals surface area contributed by atoms with Gasteiger partial charge in [-0.3, -0.25) is 14.2 Å². The second-order valence-corrected chi connectivity index (χ2v) is 6.89. The molecule has 0 aliphatic carbocycles. The smallest absolute Gasteiger partial charge is 0.261 e. The molecule has 0 aliphatic heterocycles. The first-order valence-electron chi connectivity index (χ1n) is 9.81. The predicted octanol–water partition coefficient (Wildman–Crippen LogP) is 3.84. The lowest BCUT2D eigenvalue weighted by Crippen LogP contribution is -2.27. The maximum atomic E-state index is 12.8. The molecule has 0 spiro atoms. The molecule has 32 heavy (non-hydrogen) atoms. The third-order valence-corrected chi connectivity index (χ3v) is 4.76. The van der Waals surface area contributed by atoms with E-state index < -0.39 is 0 Å². The van der Waals surface area contributed by atoms with Crippen molar-refractivity contribution in [2.24, 2.45) is 0 Å². The molecule has 0 saturated heterocycles. The Bertz CT molecular complexity index is 1300. The number of rotatable bonds is 7. The van der Waals surface area contributed by atoms with Crippen LogP contribution in [0.1, 0.15) is 0 Å². The van der Waals surface area contributed by atoms with Crippen molar-refractivity contribution < 1.29 is 19.0 Å². The van der Waals surface area contributed by atoms with E-state index >= 15 is 0 Å². The summed E-state index contributed by atoms with van der Waals surface area (Å²) < 4.78 is 17.5. The zero-order valence-corrected chi connectivity index (χ0v) is 17.6. The Morgan fingerprint density at radius 1 is 0.938 bits per heavy atom. The van der Waals surface area contributed by atoms with Crippen molar-refractivity contribution in [3.8, 4) is 23.0 Å². The molecule has 0 bridgehead atoms. The van der Waals surface area contributed by atoms with E-state index in [4.69, 9.17) is 14.2 Å². The van der Waals surface area contributed by atoms with Gasteiger partial charge in [-0.2, -0.15) is 0 Å². The van der Waals surface area contributed by atoms with Crippen LogP contribution >= 0.6 is 0 Å². The van der Waals surface area contributed by atoms with Gasteiger partial charge in [-0.15, -0.1) is 0 Å². The molecule has 0 radical (unpaired) electrons. The molecular weight excluding hydrogens is 410 g/mol. The number of carbonyl (C=O) groups is 1. The van der Waals surface area contributed by atoms with Crippen LogP contribution in [-0.2, 0) is 11.3 Å². The van der Waals surface area contributed by atoms with Crippen LogP contribution in [0, 0.1) is 0 Å². The van der Waals surface area contributed by atoms with Gasteiger partial charge in [0.05, 0.1) is 31.4 Å². The summed E-state index contributed by atoms with van der Waals surface area (Å²) in [6, 6.07) is 19.6. The molecule has 0 fully saturated rings. The first-order chi connectivity index (χ1) is 15.6. The Hall–Kier alpha value is -4.33. The van der Waals surface area contributed by atoms with Crippen LogP contribution in [-0.4, -0.2) is 29.7 Å². The van der Waals surface area contributed by atoms with Crippen LogP contribution in [0.4, 0.5) is 5.69 Å². The maximum Gasteiger partial charge on any atom is 0.261 e. The van der Waals surface area contributed by atoms with Crippen molar-refractivity contribution in [3.05, 3.63) is 83.4 Å². The molecule has 4 rings (SSSR count). The normalized spacial score (nSPS) is 10.6. The molecule has 1 amide bonds. The minimum Gasteiger partial charge on any atom is -0.493 e. The zero-order valence-electron chi connectivity index (χ0n) is 17.6. The average molecular weight is 431 g/mol. The van der Waals surface area contributed by atoms with Gasteiger partial charge in [0.2, 0.25) is 5.91 Å². The quantitative estimate of drug-likeness (QED) is 0.478. The number of para-hydroxylation sites is 1. The highest BCUT2D eigenvalue weighted by Crippen LogP contribution is 2.29. The Kier molecular flexibility index (Phi) is 6.03. The number of carbonyl (C=O) groups excluding carboxylic acids is 1. The largest absolute Gasteiger partial charge is 0.493 e. The summed E-state index contributed by atoms with van der Waals surface area (Å²) in [6.45, 7) is -0.182. The number of hydrogen-bond donors (Lipinski definition) is 1. The summed E-state index contributed by atoms with van der Waals surface area (Å²) in [5.41, 5.74) is 0.694. The van der Waals surface area contributed by atoms with Crippen LogP contribution in [0.2, 0.25) is 0 Å². The number of methoxy groups -OCH3 is 2. The fourth-order valence-electron chi connectivity index (χ4n) is 3.18. The second-order valence-electron chi connectivity index (χ2n) is 6.89. The molecule has 1 heterocycles. The van der Waals surface area contributed by atoms with E-state index in [1.807, 2.05) is 30.3 Å². The first kappa shape index (κ1) is 20.9. The average Bonchev–Trinajstić information content (AvgIpc) is 2.82. The first-order valence-corrected chi connectivity index (χ1v) is 9.81. The minimum absolute atomic E-state index is 0.182. The molecule has 8 heteroatoms. The van der Waals surface area contributed by atoms with E-state index in [1.54, 1.807) is 36.4 Å². The third-order valence-electron chi connectivity index (χ3n) is 4.76. The van der Waals surface area contributed by atoms with Gasteiger partial charge >= 0.3 is 0 Å². The van der Waals surface area contributed by atoms with Gasteiger partial charge in [0.25, 0.3) is 5.56 Å². The molecule has 3 aromatic carbocycles. The van der Waals surface area contributed by atoms with E-state index in [0.717, 1.165) is 5.75 Å². The lowest BCUT2D eigenvalue weighted by molar-refractivity contribution is -0.116. The van der Waals surface area contributed by atoms with Crippen molar-refractivity contribution in [3.63, 3.8) is 0 Å². The van der Waals surface area contributed by atoms with Crippen LogP contribution in [0.3, 0.4) is 0 Å². The van der Waals surface area contributed by atoms with Gasteiger partial charge in [-0.1, -0.05) is 18.2 Å². The lowest BCUT2D eigenvalue weighted by Gasteiger charge is -2.11. The van der Waals surface area contributed by atoms with Crippen molar-refractivity contribution in [1.29, 1.82) is 0 Å². The number of hydrogen-bond acceptors (Lipinski definition) is 6. The van der Waals surface area contributed by atoms with E-state index in [2.05, 4.69) is 10.3 Å². The molecule has 1 aromatic heterocycles. The van der Waals surface area contributed by atoms with E-state index in [9.17, 15) is 9.59 Å². The zero-order chi connectivity index (χ0) is 22.5. The summed E-state index contributed by atoms with van der Waals surface area (Å²) in [5.74, 6) is 1.90. The fraction of sp³-hybridized carbons (Fsp3) is 0.125. The van der Waals surface area contributed by atoms with Crippen molar-refractivity contribution >= 4 is 22.5 Å². The molecule has 162 valence electrons. The predicted molar refractivity (Wildman–Crippen MR) is 121 cm³/mol. The van der Waals surface area contributed by atoms with Gasteiger partial charge in [-0.05, 0) is 42.5 Å². The van der Waals surface area contributed by atoms with Crippen LogP contribution in [0.5, 0.6) is 23.0 Å². The van der Waals surface area contributed by atoms with Crippen molar-refractivity contribution in [2.45, 2.75) is 6.54 Å². The van der Waals surface area contributed by atoms with Gasteiger partial charge in [0.1, 0.15) is 18.0 Å². The number of amides is 1. The Morgan fingerprint density at radius 2 is 1.59 bits per heavy atom. The number of aromatic nitrogens is 2. The van der Waals surface area contributed by atoms with Crippen molar-refractivity contribution in [2.75, 3.05) is 19.5 Å². The Morgan fingerprint density at radius 3 is 2.28 bits per heavy atom. The molecule has 1 N–H and O–H groups in total. The van der Waals surface area contributed by atoms with Crippen molar-refractivity contribution in [1.82, 2.24) is 9.55 Å². The molecule has 0 atom stereocenters. The standard InChI is InChI=1S/C24H21N3O5/c1-30-21-12-19-20(13-22(21)31-2)25-15-27(24(19)29)14-23(28)26-16-8-10-18(11-9-16)32-17-6-4-3-5-7-17/h3-13,15H,14H2,1-2H3,(H,26,28). The van der Waals surface area contributed by atoms with E-state index in [-0.39, 0.29) is 18.0 Å². The number of benzene rings is 3. The van der Waals surface area contributed by atoms with E-state index in [0.29, 0.717) is 33.8 Å². The van der Waals surface area contributed by atoms with Gasteiger partial charge in [0.15, 0.2) is 11.5 Å². The molecule has 0 aliphatic rings.